The molecule has 0 saturated heterocycles. The van der Waals surface area contributed by atoms with Gasteiger partial charge in [0.05, 0.1) is 12.2 Å². The second-order valence-corrected chi connectivity index (χ2v) is 5.35. The van der Waals surface area contributed by atoms with Gasteiger partial charge >= 0.3 is 0 Å². The fourth-order valence-corrected chi connectivity index (χ4v) is 2.45. The Bertz CT molecular complexity index is 812. The average Bonchev–Trinajstić information content (AvgIpc) is 3.01. The third-order valence-corrected chi connectivity index (χ3v) is 3.58. The van der Waals surface area contributed by atoms with E-state index in [1.54, 1.807) is 18.2 Å². The minimum atomic E-state index is -0.0599. The standard InChI is InChI=1S/C20H19NO2/c1-2-13-23-20-10-6-4-8-17(20)19(22)12-11-16-14-15-7-3-5-9-18(15)21-16/h3-12,14,21H,2,13H2,1H3/b12-11+. The minimum Gasteiger partial charge on any atom is -0.493 e. The number of rotatable bonds is 6. The zero-order valence-electron chi connectivity index (χ0n) is 13.1. The molecule has 0 bridgehead atoms. The number of nitrogens with one attached hydrogen (secondary N) is 1. The van der Waals surface area contributed by atoms with Crippen molar-refractivity contribution in [2.24, 2.45) is 0 Å². The molecule has 0 radical (unpaired) electrons. The molecule has 0 aliphatic carbocycles. The first-order chi connectivity index (χ1) is 11.3. The van der Waals surface area contributed by atoms with Crippen molar-refractivity contribution in [3.05, 3.63) is 71.9 Å². The summed E-state index contributed by atoms with van der Waals surface area (Å²) in [5, 5.41) is 1.13. The second-order valence-electron chi connectivity index (χ2n) is 5.35. The van der Waals surface area contributed by atoms with Gasteiger partial charge in [0.25, 0.3) is 0 Å². The van der Waals surface area contributed by atoms with Crippen molar-refractivity contribution in [1.82, 2.24) is 4.98 Å². The zero-order valence-corrected chi connectivity index (χ0v) is 13.1. The summed E-state index contributed by atoms with van der Waals surface area (Å²) >= 11 is 0. The molecule has 1 heterocycles. The van der Waals surface area contributed by atoms with E-state index in [1.807, 2.05) is 55.5 Å². The van der Waals surface area contributed by atoms with Crippen LogP contribution < -0.4 is 4.74 Å². The predicted molar refractivity (Wildman–Crippen MR) is 93.9 cm³/mol. The third kappa shape index (κ3) is 3.51. The van der Waals surface area contributed by atoms with Gasteiger partial charge in [-0.1, -0.05) is 37.3 Å². The normalized spacial score (nSPS) is 11.2. The van der Waals surface area contributed by atoms with Crippen LogP contribution >= 0.6 is 0 Å². The molecule has 2 aromatic carbocycles. The Kier molecular flexibility index (Phi) is 4.57. The Balaban J connectivity index is 1.81. The van der Waals surface area contributed by atoms with E-state index in [0.29, 0.717) is 17.9 Å². The molecule has 23 heavy (non-hydrogen) atoms. The summed E-state index contributed by atoms with van der Waals surface area (Å²) in [6.45, 7) is 2.65. The lowest BCUT2D eigenvalue weighted by atomic mass is 10.1. The van der Waals surface area contributed by atoms with E-state index in [9.17, 15) is 4.79 Å². The quantitative estimate of drug-likeness (QED) is 0.522. The van der Waals surface area contributed by atoms with Gasteiger partial charge < -0.3 is 9.72 Å². The molecule has 0 spiro atoms. The average molecular weight is 305 g/mol. The highest BCUT2D eigenvalue weighted by molar-refractivity contribution is 6.08. The Hall–Kier alpha value is -2.81. The number of fused-ring (bicyclic) bond motifs is 1. The summed E-state index contributed by atoms with van der Waals surface area (Å²) in [7, 11) is 0. The molecule has 3 nitrogen and oxygen atoms in total. The smallest absolute Gasteiger partial charge is 0.189 e. The maximum atomic E-state index is 12.4. The number of allylic oxidation sites excluding steroid dienone is 1. The highest BCUT2D eigenvalue weighted by Gasteiger charge is 2.09. The molecule has 0 aliphatic rings. The van der Waals surface area contributed by atoms with Gasteiger partial charge in [0.15, 0.2) is 5.78 Å². The molecule has 0 saturated carbocycles. The largest absolute Gasteiger partial charge is 0.493 e. The van der Waals surface area contributed by atoms with Gasteiger partial charge in [0, 0.05) is 11.2 Å². The number of aromatic amines is 1. The van der Waals surface area contributed by atoms with Gasteiger partial charge in [-0.2, -0.15) is 0 Å². The lowest BCUT2D eigenvalue weighted by Gasteiger charge is -2.08. The fraction of sp³-hybridized carbons (Fsp3) is 0.150. The summed E-state index contributed by atoms with van der Waals surface area (Å²) in [4.78, 5) is 15.7. The van der Waals surface area contributed by atoms with Crippen molar-refractivity contribution in [2.75, 3.05) is 6.61 Å². The number of aromatic nitrogens is 1. The van der Waals surface area contributed by atoms with Crippen molar-refractivity contribution >= 4 is 22.8 Å². The van der Waals surface area contributed by atoms with Crippen molar-refractivity contribution in [2.45, 2.75) is 13.3 Å². The van der Waals surface area contributed by atoms with Crippen molar-refractivity contribution < 1.29 is 9.53 Å². The Morgan fingerprint density at radius 2 is 1.91 bits per heavy atom. The maximum Gasteiger partial charge on any atom is 0.189 e. The van der Waals surface area contributed by atoms with Gasteiger partial charge in [-0.05, 0) is 48.2 Å². The van der Waals surface area contributed by atoms with Gasteiger partial charge in [0.2, 0.25) is 0 Å². The number of hydrogen-bond donors (Lipinski definition) is 1. The molecule has 1 aromatic heterocycles. The molecule has 0 aliphatic heterocycles. The number of H-pyrrole nitrogens is 1. The Morgan fingerprint density at radius 3 is 2.74 bits per heavy atom. The van der Waals surface area contributed by atoms with Crippen LogP contribution in [0, 0.1) is 0 Å². The van der Waals surface area contributed by atoms with E-state index in [0.717, 1.165) is 23.0 Å². The fourth-order valence-electron chi connectivity index (χ4n) is 2.45. The molecule has 0 unspecified atom stereocenters. The van der Waals surface area contributed by atoms with Gasteiger partial charge in [-0.3, -0.25) is 4.79 Å². The molecule has 3 aromatic rings. The molecule has 3 heteroatoms. The molecule has 0 amide bonds. The number of ether oxygens (including phenoxy) is 1. The summed E-state index contributed by atoms with van der Waals surface area (Å²) in [5.74, 6) is 0.580. The monoisotopic (exact) mass is 305 g/mol. The Morgan fingerprint density at radius 1 is 1.13 bits per heavy atom. The summed E-state index contributed by atoms with van der Waals surface area (Å²) in [6.07, 6.45) is 4.30. The zero-order chi connectivity index (χ0) is 16.1. The molecule has 1 N–H and O–H groups in total. The third-order valence-electron chi connectivity index (χ3n) is 3.58. The number of hydrogen-bond acceptors (Lipinski definition) is 2. The van der Waals surface area contributed by atoms with Crippen LogP contribution in [0.3, 0.4) is 0 Å². The predicted octanol–water partition coefficient (Wildman–Crippen LogP) is 4.85. The topological polar surface area (TPSA) is 42.1 Å². The van der Waals surface area contributed by atoms with Crippen LogP contribution in [0.15, 0.2) is 60.7 Å². The van der Waals surface area contributed by atoms with Crippen molar-refractivity contribution in [3.63, 3.8) is 0 Å². The number of carbonyl (C=O) groups excluding carboxylic acids is 1. The van der Waals surface area contributed by atoms with Gasteiger partial charge in [-0.15, -0.1) is 0 Å². The lowest BCUT2D eigenvalue weighted by molar-refractivity contribution is 0.104. The van der Waals surface area contributed by atoms with E-state index in [2.05, 4.69) is 4.98 Å². The van der Waals surface area contributed by atoms with E-state index in [4.69, 9.17) is 4.74 Å². The van der Waals surface area contributed by atoms with E-state index < -0.39 is 0 Å². The summed E-state index contributed by atoms with van der Waals surface area (Å²) in [6, 6.07) is 17.4. The van der Waals surface area contributed by atoms with Crippen LogP contribution in [0.4, 0.5) is 0 Å². The van der Waals surface area contributed by atoms with Crippen molar-refractivity contribution in [1.29, 1.82) is 0 Å². The number of para-hydroxylation sites is 2. The number of benzene rings is 2. The van der Waals surface area contributed by atoms with E-state index in [-0.39, 0.29) is 5.78 Å². The molecule has 3 rings (SSSR count). The molecular weight excluding hydrogens is 286 g/mol. The number of ketones is 1. The molecular formula is C20H19NO2. The van der Waals surface area contributed by atoms with Crippen LogP contribution in [0.1, 0.15) is 29.4 Å². The first kappa shape index (κ1) is 15.1. The van der Waals surface area contributed by atoms with Gasteiger partial charge in [-0.25, -0.2) is 0 Å². The van der Waals surface area contributed by atoms with Crippen LogP contribution in [0.2, 0.25) is 0 Å². The van der Waals surface area contributed by atoms with Crippen LogP contribution in [0.5, 0.6) is 5.75 Å². The highest BCUT2D eigenvalue weighted by atomic mass is 16.5. The molecule has 0 atom stereocenters. The van der Waals surface area contributed by atoms with E-state index >= 15 is 0 Å². The van der Waals surface area contributed by atoms with Gasteiger partial charge in [0.1, 0.15) is 5.75 Å². The summed E-state index contributed by atoms with van der Waals surface area (Å²) in [5.41, 5.74) is 2.56. The summed E-state index contributed by atoms with van der Waals surface area (Å²) < 4.78 is 5.64. The Labute approximate surface area is 135 Å². The maximum absolute atomic E-state index is 12.4. The molecule has 116 valence electrons. The van der Waals surface area contributed by atoms with Crippen LogP contribution in [-0.4, -0.2) is 17.4 Å². The first-order valence-electron chi connectivity index (χ1n) is 7.80. The first-order valence-corrected chi connectivity index (χ1v) is 7.80. The number of carbonyl (C=O) groups is 1. The van der Waals surface area contributed by atoms with Crippen LogP contribution in [-0.2, 0) is 0 Å². The lowest BCUT2D eigenvalue weighted by Crippen LogP contribution is -2.02. The van der Waals surface area contributed by atoms with Crippen molar-refractivity contribution in [3.8, 4) is 5.75 Å². The SMILES string of the molecule is CCCOc1ccccc1C(=O)/C=C/c1cc2ccccc2[nH]1. The second kappa shape index (κ2) is 6.97. The minimum absolute atomic E-state index is 0.0599. The van der Waals surface area contributed by atoms with E-state index in [1.165, 1.54) is 0 Å². The highest BCUT2D eigenvalue weighted by Crippen LogP contribution is 2.20. The van der Waals surface area contributed by atoms with Crippen LogP contribution in [0.25, 0.3) is 17.0 Å². The molecule has 0 fully saturated rings.